The molecular formula is C25H32FN5O2. The lowest BCUT2D eigenvalue weighted by Crippen LogP contribution is -2.51. The van der Waals surface area contributed by atoms with Crippen LogP contribution in [0.5, 0.6) is 5.75 Å². The number of anilines is 3. The molecule has 1 saturated heterocycles. The number of pyridine rings is 1. The average Bonchev–Trinajstić information content (AvgIpc) is 3.18. The zero-order valence-corrected chi connectivity index (χ0v) is 19.6. The van der Waals surface area contributed by atoms with Crippen molar-refractivity contribution in [1.29, 1.82) is 0 Å². The monoisotopic (exact) mass is 453 g/mol. The quantitative estimate of drug-likeness (QED) is 0.470. The number of nitrogens with one attached hydrogen (secondary N) is 2. The molecule has 1 aliphatic rings. The van der Waals surface area contributed by atoms with Crippen LogP contribution in [-0.2, 0) is 4.79 Å². The average molecular weight is 454 g/mol. The molecule has 3 aromatic rings. The minimum atomic E-state index is -0.334. The van der Waals surface area contributed by atoms with Crippen LogP contribution >= 0.6 is 0 Å². The molecule has 0 saturated carbocycles. The number of aldehydes is 1. The van der Waals surface area contributed by atoms with E-state index in [4.69, 9.17) is 0 Å². The van der Waals surface area contributed by atoms with Gasteiger partial charge in [0.2, 0.25) is 0 Å². The highest BCUT2D eigenvalue weighted by molar-refractivity contribution is 5.86. The number of hydrogen-bond acceptors (Lipinski definition) is 6. The van der Waals surface area contributed by atoms with Crippen LogP contribution in [0.15, 0.2) is 36.5 Å². The number of phenolic OH excluding ortho intramolecular Hbond substituents is 1. The topological polar surface area (TPSA) is 84.5 Å². The number of phenols is 1. The van der Waals surface area contributed by atoms with Crippen LogP contribution < -0.4 is 15.1 Å². The van der Waals surface area contributed by atoms with Crippen molar-refractivity contribution in [3.05, 3.63) is 42.3 Å². The first kappa shape index (κ1) is 22.9. The smallest absolute Gasteiger partial charge is 0.155 e. The lowest BCUT2D eigenvalue weighted by molar-refractivity contribution is -0.109. The molecule has 176 valence electrons. The van der Waals surface area contributed by atoms with Crippen molar-refractivity contribution in [1.82, 2.24) is 9.97 Å². The van der Waals surface area contributed by atoms with Crippen molar-refractivity contribution >= 4 is 34.5 Å². The van der Waals surface area contributed by atoms with Gasteiger partial charge in [-0.3, -0.25) is 0 Å². The number of aromatic hydroxyl groups is 1. The van der Waals surface area contributed by atoms with Gasteiger partial charge in [0.1, 0.15) is 23.5 Å². The predicted molar refractivity (Wildman–Crippen MR) is 131 cm³/mol. The molecule has 1 aromatic carbocycles. The van der Waals surface area contributed by atoms with Gasteiger partial charge in [-0.15, -0.1) is 0 Å². The Morgan fingerprint density at radius 2 is 2.12 bits per heavy atom. The third-order valence-corrected chi connectivity index (χ3v) is 6.11. The number of benzene rings is 1. The molecule has 1 aliphatic heterocycles. The third-order valence-electron chi connectivity index (χ3n) is 6.11. The molecular weight excluding hydrogens is 421 g/mol. The van der Waals surface area contributed by atoms with Crippen LogP contribution in [0.1, 0.15) is 40.5 Å². The molecule has 0 aliphatic carbocycles. The van der Waals surface area contributed by atoms with Crippen molar-refractivity contribution in [2.75, 3.05) is 28.2 Å². The minimum absolute atomic E-state index is 0.0460. The summed E-state index contributed by atoms with van der Waals surface area (Å²) in [6, 6.07) is 8.22. The van der Waals surface area contributed by atoms with E-state index in [1.54, 1.807) is 12.1 Å². The Hall–Kier alpha value is -3.29. The number of rotatable bonds is 6. The normalized spacial score (nSPS) is 19.0. The SMILES string of the molecule is CCN(c1nccc(F)c1NC(C)(C)C)C1CCN(c2cc3cc(O)ccc3[nH]2)C(C=O)C1. The van der Waals surface area contributed by atoms with Gasteiger partial charge in [0.05, 0.1) is 6.04 Å². The number of H-pyrrole nitrogens is 1. The Balaban J connectivity index is 1.60. The second kappa shape index (κ2) is 8.92. The van der Waals surface area contributed by atoms with Crippen LogP contribution in [0.3, 0.4) is 0 Å². The molecule has 2 unspecified atom stereocenters. The summed E-state index contributed by atoms with van der Waals surface area (Å²) >= 11 is 0. The number of nitrogens with zero attached hydrogens (tertiary/aromatic N) is 3. The van der Waals surface area contributed by atoms with Gasteiger partial charge in [-0.05, 0) is 70.9 Å². The molecule has 3 heterocycles. The van der Waals surface area contributed by atoms with Crippen LogP contribution in [0, 0.1) is 5.82 Å². The zero-order valence-electron chi connectivity index (χ0n) is 19.6. The number of fused-ring (bicyclic) bond motifs is 1. The predicted octanol–water partition coefficient (Wildman–Crippen LogP) is 4.68. The lowest BCUT2D eigenvalue weighted by Gasteiger charge is -2.43. The van der Waals surface area contributed by atoms with Crippen LogP contribution in [0.25, 0.3) is 10.9 Å². The van der Waals surface area contributed by atoms with Crippen LogP contribution in [-0.4, -0.2) is 52.1 Å². The first-order chi connectivity index (χ1) is 15.7. The summed E-state index contributed by atoms with van der Waals surface area (Å²) in [5, 5.41) is 13.9. The number of aromatic amines is 1. The van der Waals surface area contributed by atoms with Crippen molar-refractivity contribution in [2.24, 2.45) is 0 Å². The van der Waals surface area contributed by atoms with Crippen molar-refractivity contribution in [3.63, 3.8) is 0 Å². The Kier molecular flexibility index (Phi) is 6.19. The van der Waals surface area contributed by atoms with E-state index < -0.39 is 0 Å². The van der Waals surface area contributed by atoms with E-state index in [1.165, 1.54) is 12.3 Å². The second-order valence-corrected chi connectivity index (χ2v) is 9.65. The summed E-state index contributed by atoms with van der Waals surface area (Å²) in [4.78, 5) is 24.2. The second-order valence-electron chi connectivity index (χ2n) is 9.65. The molecule has 3 N–H and O–H groups in total. The third kappa shape index (κ3) is 4.74. The van der Waals surface area contributed by atoms with E-state index in [2.05, 4.69) is 25.1 Å². The van der Waals surface area contributed by atoms with Gasteiger partial charge in [-0.25, -0.2) is 9.37 Å². The number of aromatic nitrogens is 2. The van der Waals surface area contributed by atoms with Gasteiger partial charge in [0.15, 0.2) is 11.6 Å². The fourth-order valence-corrected chi connectivity index (χ4v) is 4.67. The zero-order chi connectivity index (χ0) is 23.8. The molecule has 0 amide bonds. The lowest BCUT2D eigenvalue weighted by atomic mass is 9.96. The summed E-state index contributed by atoms with van der Waals surface area (Å²) in [5.41, 5.74) is 0.982. The van der Waals surface area contributed by atoms with Crippen molar-refractivity contribution in [3.8, 4) is 5.75 Å². The van der Waals surface area contributed by atoms with Gasteiger partial charge in [-0.2, -0.15) is 0 Å². The summed E-state index contributed by atoms with van der Waals surface area (Å²) in [6.45, 7) is 9.30. The van der Waals surface area contributed by atoms with Crippen LogP contribution in [0.2, 0.25) is 0 Å². The number of carbonyl (C=O) groups is 1. The molecule has 4 rings (SSSR count). The van der Waals surface area contributed by atoms with Gasteiger partial charge in [-0.1, -0.05) is 0 Å². The van der Waals surface area contributed by atoms with E-state index in [0.29, 0.717) is 31.0 Å². The summed E-state index contributed by atoms with van der Waals surface area (Å²) in [6.07, 6.45) is 3.88. The number of halogens is 1. The minimum Gasteiger partial charge on any atom is -0.508 e. The molecule has 2 aromatic heterocycles. The van der Waals surface area contributed by atoms with Gasteiger partial charge >= 0.3 is 0 Å². The summed E-state index contributed by atoms with van der Waals surface area (Å²) < 4.78 is 14.8. The number of carbonyl (C=O) groups excluding carboxylic acids is 1. The number of hydrogen-bond donors (Lipinski definition) is 3. The molecule has 33 heavy (non-hydrogen) atoms. The molecule has 0 radical (unpaired) electrons. The Labute approximate surface area is 193 Å². The van der Waals surface area contributed by atoms with Gasteiger partial charge < -0.3 is 30.0 Å². The van der Waals surface area contributed by atoms with E-state index in [-0.39, 0.29) is 29.2 Å². The Morgan fingerprint density at radius 3 is 2.82 bits per heavy atom. The first-order valence-electron chi connectivity index (χ1n) is 11.4. The number of piperidine rings is 1. The highest BCUT2D eigenvalue weighted by atomic mass is 19.1. The molecule has 0 bridgehead atoms. The fraction of sp³-hybridized carbons (Fsp3) is 0.440. The summed E-state index contributed by atoms with van der Waals surface area (Å²) in [7, 11) is 0. The maximum Gasteiger partial charge on any atom is 0.155 e. The first-order valence-corrected chi connectivity index (χ1v) is 11.4. The highest BCUT2D eigenvalue weighted by Gasteiger charge is 2.34. The molecule has 0 spiro atoms. The van der Waals surface area contributed by atoms with Crippen LogP contribution in [0.4, 0.5) is 21.7 Å². The molecule has 7 nitrogen and oxygen atoms in total. The van der Waals surface area contributed by atoms with Gasteiger partial charge in [0, 0.05) is 41.8 Å². The van der Waals surface area contributed by atoms with Crippen molar-refractivity contribution in [2.45, 2.75) is 58.2 Å². The fourth-order valence-electron chi connectivity index (χ4n) is 4.67. The maximum absolute atomic E-state index is 14.8. The highest BCUT2D eigenvalue weighted by Crippen LogP contribution is 2.35. The maximum atomic E-state index is 14.8. The largest absolute Gasteiger partial charge is 0.508 e. The molecule has 1 fully saturated rings. The Morgan fingerprint density at radius 1 is 1.33 bits per heavy atom. The standard InChI is InChI=1S/C25H32FN5O2/c1-5-30(24-23(29-25(2,3)4)20(26)8-10-27-24)17-9-11-31(18(14-17)15-32)22-13-16-12-19(33)6-7-21(16)28-22/h6-8,10,12-13,15,17-18,28-29,33H,5,9,11,14H2,1-4H3. The summed E-state index contributed by atoms with van der Waals surface area (Å²) in [5.74, 6) is 1.31. The van der Waals surface area contributed by atoms with Gasteiger partial charge in [0.25, 0.3) is 0 Å². The van der Waals surface area contributed by atoms with E-state index >= 15 is 0 Å². The Bertz CT molecular complexity index is 1140. The van der Waals surface area contributed by atoms with E-state index in [1.807, 2.05) is 39.8 Å². The molecule has 8 heteroatoms. The molecule has 2 atom stereocenters. The van der Waals surface area contributed by atoms with E-state index in [9.17, 15) is 14.3 Å². The van der Waals surface area contributed by atoms with Crippen molar-refractivity contribution < 1.29 is 14.3 Å². The van der Waals surface area contributed by atoms with E-state index in [0.717, 1.165) is 29.4 Å².